The van der Waals surface area contributed by atoms with Crippen molar-refractivity contribution < 1.29 is 14.6 Å². The average Bonchev–Trinajstić information content (AvgIpc) is 2.62. The van der Waals surface area contributed by atoms with Gasteiger partial charge in [0, 0.05) is 31.4 Å². The molecule has 0 amide bonds. The molecule has 1 aliphatic heterocycles. The van der Waals surface area contributed by atoms with E-state index in [2.05, 4.69) is 12.0 Å². The van der Waals surface area contributed by atoms with E-state index in [9.17, 15) is 4.79 Å². The van der Waals surface area contributed by atoms with E-state index in [1.165, 1.54) is 0 Å². The minimum absolute atomic E-state index is 0.0201. The third-order valence-corrected chi connectivity index (χ3v) is 3.31. The van der Waals surface area contributed by atoms with Crippen LogP contribution in [0.1, 0.15) is 35.9 Å². The van der Waals surface area contributed by atoms with E-state index in [-0.39, 0.29) is 11.1 Å². The van der Waals surface area contributed by atoms with E-state index in [0.29, 0.717) is 0 Å². The molecule has 5 nitrogen and oxygen atoms in total. The number of rotatable bonds is 2. The predicted octanol–water partition coefficient (Wildman–Crippen LogP) is 1.19. The number of ether oxygens (including phenoxy) is 1. The molecule has 2 rings (SSSR count). The third kappa shape index (κ3) is 1.82. The molecule has 1 aromatic heterocycles. The Labute approximate surface area is 94.0 Å². The normalized spacial score (nSPS) is 19.6. The molecule has 0 aromatic carbocycles. The van der Waals surface area contributed by atoms with E-state index in [1.807, 2.05) is 0 Å². The van der Waals surface area contributed by atoms with E-state index in [4.69, 9.17) is 9.84 Å². The quantitative estimate of drug-likeness (QED) is 0.819. The summed E-state index contributed by atoms with van der Waals surface area (Å²) in [6.45, 7) is 3.59. The molecule has 0 spiro atoms. The topological polar surface area (TPSA) is 64.4 Å². The molecule has 0 bridgehead atoms. The Balaban J connectivity index is 2.35. The lowest BCUT2D eigenvalue weighted by Gasteiger charge is -2.33. The highest BCUT2D eigenvalue weighted by molar-refractivity contribution is 5.85. The second-order valence-corrected chi connectivity index (χ2v) is 4.52. The van der Waals surface area contributed by atoms with Gasteiger partial charge in [-0.2, -0.15) is 5.10 Å². The number of carboxylic acids is 1. The number of carboxylic acid groups (broad SMARTS) is 1. The number of aryl methyl sites for hydroxylation is 1. The standard InChI is InChI=1S/C11H16N2O3/c1-11(3-5-16-6-4-11)9-7-8(10(14)15)12-13(9)2/h7H,3-6H2,1-2H3,(H,14,15). The highest BCUT2D eigenvalue weighted by Crippen LogP contribution is 2.34. The minimum atomic E-state index is -0.975. The fourth-order valence-electron chi connectivity index (χ4n) is 2.21. The zero-order valence-electron chi connectivity index (χ0n) is 9.56. The van der Waals surface area contributed by atoms with Crippen LogP contribution >= 0.6 is 0 Å². The van der Waals surface area contributed by atoms with Gasteiger partial charge in [0.25, 0.3) is 0 Å². The second kappa shape index (κ2) is 3.90. The van der Waals surface area contributed by atoms with Crippen molar-refractivity contribution >= 4 is 5.97 Å². The molecule has 1 fully saturated rings. The monoisotopic (exact) mass is 224 g/mol. The lowest BCUT2D eigenvalue weighted by Crippen LogP contribution is -2.32. The Morgan fingerprint density at radius 3 is 2.69 bits per heavy atom. The predicted molar refractivity (Wildman–Crippen MR) is 57.6 cm³/mol. The summed E-state index contributed by atoms with van der Waals surface area (Å²) in [7, 11) is 1.79. The van der Waals surface area contributed by atoms with Crippen LogP contribution in [0.15, 0.2) is 6.07 Å². The zero-order chi connectivity index (χ0) is 11.8. The van der Waals surface area contributed by atoms with Crippen molar-refractivity contribution in [3.8, 4) is 0 Å². The number of aromatic nitrogens is 2. The molecule has 0 radical (unpaired) electrons. The summed E-state index contributed by atoms with van der Waals surface area (Å²) in [4.78, 5) is 10.9. The van der Waals surface area contributed by atoms with Crippen LogP contribution in [-0.2, 0) is 17.2 Å². The molecule has 1 N–H and O–H groups in total. The van der Waals surface area contributed by atoms with Gasteiger partial charge < -0.3 is 9.84 Å². The second-order valence-electron chi connectivity index (χ2n) is 4.52. The van der Waals surface area contributed by atoms with Crippen LogP contribution < -0.4 is 0 Å². The first-order valence-corrected chi connectivity index (χ1v) is 5.38. The van der Waals surface area contributed by atoms with Crippen molar-refractivity contribution in [1.29, 1.82) is 0 Å². The Kier molecular flexibility index (Phi) is 2.71. The molecular formula is C11H16N2O3. The minimum Gasteiger partial charge on any atom is -0.476 e. The molecule has 88 valence electrons. The van der Waals surface area contributed by atoms with E-state index >= 15 is 0 Å². The van der Waals surface area contributed by atoms with Gasteiger partial charge in [0.05, 0.1) is 0 Å². The van der Waals surface area contributed by atoms with Crippen molar-refractivity contribution in [2.45, 2.75) is 25.2 Å². The van der Waals surface area contributed by atoms with Crippen LogP contribution in [-0.4, -0.2) is 34.1 Å². The Morgan fingerprint density at radius 2 is 2.19 bits per heavy atom. The van der Waals surface area contributed by atoms with E-state index in [1.54, 1.807) is 17.8 Å². The molecule has 2 heterocycles. The van der Waals surface area contributed by atoms with Crippen molar-refractivity contribution in [3.05, 3.63) is 17.5 Å². The fourth-order valence-corrected chi connectivity index (χ4v) is 2.21. The molecule has 0 saturated carbocycles. The van der Waals surface area contributed by atoms with Crippen LogP contribution in [0.3, 0.4) is 0 Å². The number of hydrogen-bond donors (Lipinski definition) is 1. The molecule has 16 heavy (non-hydrogen) atoms. The SMILES string of the molecule is Cn1nc(C(=O)O)cc1C1(C)CCOCC1. The highest BCUT2D eigenvalue weighted by atomic mass is 16.5. The van der Waals surface area contributed by atoms with Crippen molar-refractivity contribution in [2.24, 2.45) is 7.05 Å². The Morgan fingerprint density at radius 1 is 1.56 bits per heavy atom. The Hall–Kier alpha value is -1.36. The fraction of sp³-hybridized carbons (Fsp3) is 0.636. The van der Waals surface area contributed by atoms with Crippen LogP contribution in [0.4, 0.5) is 0 Å². The van der Waals surface area contributed by atoms with E-state index < -0.39 is 5.97 Å². The smallest absolute Gasteiger partial charge is 0.356 e. The Bertz CT molecular complexity index is 405. The summed E-state index contributed by atoms with van der Waals surface area (Å²) >= 11 is 0. The lowest BCUT2D eigenvalue weighted by atomic mass is 9.79. The van der Waals surface area contributed by atoms with Crippen molar-refractivity contribution in [3.63, 3.8) is 0 Å². The molecule has 1 aliphatic rings. The number of nitrogens with zero attached hydrogens (tertiary/aromatic N) is 2. The molecule has 0 aliphatic carbocycles. The van der Waals surface area contributed by atoms with Gasteiger partial charge in [0.2, 0.25) is 0 Å². The summed E-state index contributed by atoms with van der Waals surface area (Å²) < 4.78 is 7.01. The van der Waals surface area contributed by atoms with Gasteiger partial charge in [-0.05, 0) is 18.9 Å². The average molecular weight is 224 g/mol. The van der Waals surface area contributed by atoms with Crippen molar-refractivity contribution in [2.75, 3.05) is 13.2 Å². The first-order chi connectivity index (χ1) is 7.53. The summed E-state index contributed by atoms with van der Waals surface area (Å²) in [5.74, 6) is -0.975. The maximum atomic E-state index is 10.9. The number of hydrogen-bond acceptors (Lipinski definition) is 3. The van der Waals surface area contributed by atoms with Gasteiger partial charge in [-0.15, -0.1) is 0 Å². The van der Waals surface area contributed by atoms with Crippen LogP contribution in [0.25, 0.3) is 0 Å². The lowest BCUT2D eigenvalue weighted by molar-refractivity contribution is 0.0538. The molecule has 0 atom stereocenters. The summed E-state index contributed by atoms with van der Waals surface area (Å²) in [5, 5.41) is 12.9. The third-order valence-electron chi connectivity index (χ3n) is 3.31. The first kappa shape index (κ1) is 11.1. The van der Waals surface area contributed by atoms with Gasteiger partial charge in [-0.1, -0.05) is 6.92 Å². The molecule has 0 unspecified atom stereocenters. The van der Waals surface area contributed by atoms with E-state index in [0.717, 1.165) is 31.7 Å². The number of aromatic carboxylic acids is 1. The van der Waals surface area contributed by atoms with Gasteiger partial charge in [-0.3, -0.25) is 4.68 Å². The molecule has 5 heteroatoms. The van der Waals surface area contributed by atoms with Gasteiger partial charge in [-0.25, -0.2) is 4.79 Å². The molecule has 1 aromatic rings. The summed E-state index contributed by atoms with van der Waals surface area (Å²) in [5.41, 5.74) is 1.08. The van der Waals surface area contributed by atoms with Gasteiger partial charge in [0.1, 0.15) is 0 Å². The van der Waals surface area contributed by atoms with Crippen LogP contribution in [0.5, 0.6) is 0 Å². The largest absolute Gasteiger partial charge is 0.476 e. The maximum absolute atomic E-state index is 10.9. The van der Waals surface area contributed by atoms with Crippen LogP contribution in [0, 0.1) is 0 Å². The zero-order valence-corrected chi connectivity index (χ0v) is 9.56. The van der Waals surface area contributed by atoms with Crippen LogP contribution in [0.2, 0.25) is 0 Å². The van der Waals surface area contributed by atoms with Crippen molar-refractivity contribution in [1.82, 2.24) is 9.78 Å². The number of carbonyl (C=O) groups is 1. The molecule has 1 saturated heterocycles. The van der Waals surface area contributed by atoms with Gasteiger partial charge in [0.15, 0.2) is 5.69 Å². The highest BCUT2D eigenvalue weighted by Gasteiger charge is 2.33. The summed E-state index contributed by atoms with van der Waals surface area (Å²) in [6.07, 6.45) is 1.82. The maximum Gasteiger partial charge on any atom is 0.356 e. The molecular weight excluding hydrogens is 208 g/mol. The summed E-state index contributed by atoms with van der Waals surface area (Å²) in [6, 6.07) is 1.67. The first-order valence-electron chi connectivity index (χ1n) is 5.38. The van der Waals surface area contributed by atoms with Gasteiger partial charge >= 0.3 is 5.97 Å².